The standard InChI is InChI=1S/C14H19N5O/c1-10-5-3-4-6-13(10)11(2)16-14(20)9-19-8-12(7-15)17-18-19/h3-6,8,11H,7,9,15H2,1-2H3,(H,16,20)/t11-/m0/s1. The lowest BCUT2D eigenvalue weighted by Gasteiger charge is -2.16. The third kappa shape index (κ3) is 3.42. The first-order chi connectivity index (χ1) is 9.60. The minimum Gasteiger partial charge on any atom is -0.348 e. The second-order valence-electron chi connectivity index (χ2n) is 4.76. The summed E-state index contributed by atoms with van der Waals surface area (Å²) in [5, 5.41) is 10.7. The van der Waals surface area contributed by atoms with E-state index >= 15 is 0 Å². The molecule has 20 heavy (non-hydrogen) atoms. The average molecular weight is 273 g/mol. The molecule has 0 radical (unpaired) electrons. The van der Waals surface area contributed by atoms with E-state index < -0.39 is 0 Å². The zero-order valence-electron chi connectivity index (χ0n) is 11.7. The van der Waals surface area contributed by atoms with Crippen molar-refractivity contribution in [1.82, 2.24) is 20.3 Å². The van der Waals surface area contributed by atoms with Crippen LogP contribution in [0.5, 0.6) is 0 Å². The Balaban J connectivity index is 1.96. The van der Waals surface area contributed by atoms with Gasteiger partial charge in [0.15, 0.2) is 0 Å². The number of hydrogen-bond acceptors (Lipinski definition) is 4. The Kier molecular flexibility index (Phi) is 4.47. The van der Waals surface area contributed by atoms with Crippen LogP contribution in [-0.4, -0.2) is 20.9 Å². The van der Waals surface area contributed by atoms with Crippen molar-refractivity contribution in [2.24, 2.45) is 5.73 Å². The summed E-state index contributed by atoms with van der Waals surface area (Å²) >= 11 is 0. The molecule has 1 atom stereocenters. The number of carbonyl (C=O) groups is 1. The Morgan fingerprint density at radius 2 is 2.20 bits per heavy atom. The fourth-order valence-electron chi connectivity index (χ4n) is 2.09. The molecule has 1 heterocycles. The molecular formula is C14H19N5O. The van der Waals surface area contributed by atoms with Crippen molar-refractivity contribution in [3.63, 3.8) is 0 Å². The molecule has 0 spiro atoms. The summed E-state index contributed by atoms with van der Waals surface area (Å²) in [4.78, 5) is 12.0. The van der Waals surface area contributed by atoms with Crippen LogP contribution >= 0.6 is 0 Å². The van der Waals surface area contributed by atoms with Crippen molar-refractivity contribution in [2.45, 2.75) is 33.0 Å². The zero-order valence-corrected chi connectivity index (χ0v) is 11.7. The monoisotopic (exact) mass is 273 g/mol. The molecule has 0 fully saturated rings. The lowest BCUT2D eigenvalue weighted by Crippen LogP contribution is -2.30. The minimum absolute atomic E-state index is 0.0406. The van der Waals surface area contributed by atoms with E-state index in [1.807, 2.05) is 38.1 Å². The number of rotatable bonds is 5. The number of carbonyl (C=O) groups excluding carboxylic acids is 1. The first kappa shape index (κ1) is 14.2. The average Bonchev–Trinajstić information content (AvgIpc) is 2.86. The fourth-order valence-corrected chi connectivity index (χ4v) is 2.09. The van der Waals surface area contributed by atoms with Gasteiger partial charge in [0.2, 0.25) is 5.91 Å². The molecule has 1 aromatic heterocycles. The van der Waals surface area contributed by atoms with Gasteiger partial charge in [0.25, 0.3) is 0 Å². The van der Waals surface area contributed by atoms with Crippen molar-refractivity contribution in [1.29, 1.82) is 0 Å². The summed E-state index contributed by atoms with van der Waals surface area (Å²) in [7, 11) is 0. The molecule has 2 rings (SSSR count). The van der Waals surface area contributed by atoms with E-state index in [4.69, 9.17) is 5.73 Å². The summed E-state index contributed by atoms with van der Waals surface area (Å²) in [5.41, 5.74) is 8.39. The van der Waals surface area contributed by atoms with Crippen LogP contribution in [0, 0.1) is 6.92 Å². The third-order valence-corrected chi connectivity index (χ3v) is 3.13. The Bertz CT molecular complexity index is 593. The van der Waals surface area contributed by atoms with E-state index in [1.54, 1.807) is 6.20 Å². The van der Waals surface area contributed by atoms with Crippen LogP contribution < -0.4 is 11.1 Å². The molecule has 0 unspecified atom stereocenters. The summed E-state index contributed by atoms with van der Waals surface area (Å²) in [6, 6.07) is 7.96. The highest BCUT2D eigenvalue weighted by Gasteiger charge is 2.12. The second-order valence-corrected chi connectivity index (χ2v) is 4.76. The van der Waals surface area contributed by atoms with Crippen molar-refractivity contribution in [3.8, 4) is 0 Å². The van der Waals surface area contributed by atoms with Crippen LogP contribution in [0.2, 0.25) is 0 Å². The first-order valence-electron chi connectivity index (χ1n) is 6.54. The highest BCUT2D eigenvalue weighted by Crippen LogP contribution is 2.16. The molecule has 2 aromatic rings. The highest BCUT2D eigenvalue weighted by atomic mass is 16.2. The lowest BCUT2D eigenvalue weighted by molar-refractivity contribution is -0.122. The number of nitrogens with two attached hydrogens (primary N) is 1. The van der Waals surface area contributed by atoms with Crippen molar-refractivity contribution < 1.29 is 4.79 Å². The summed E-state index contributed by atoms with van der Waals surface area (Å²) in [6.07, 6.45) is 1.68. The fraction of sp³-hybridized carbons (Fsp3) is 0.357. The Morgan fingerprint density at radius 3 is 2.85 bits per heavy atom. The van der Waals surface area contributed by atoms with Crippen molar-refractivity contribution >= 4 is 5.91 Å². The van der Waals surface area contributed by atoms with Crippen molar-refractivity contribution in [3.05, 3.63) is 47.3 Å². The predicted octanol–water partition coefficient (Wildman–Crippen LogP) is 0.923. The number of amides is 1. The summed E-state index contributed by atoms with van der Waals surface area (Å²) in [6.45, 7) is 4.46. The van der Waals surface area contributed by atoms with E-state index in [9.17, 15) is 4.79 Å². The second kappa shape index (κ2) is 6.29. The quantitative estimate of drug-likeness (QED) is 0.848. The van der Waals surface area contributed by atoms with Crippen LogP contribution in [0.25, 0.3) is 0 Å². The van der Waals surface area contributed by atoms with Gasteiger partial charge in [-0.1, -0.05) is 29.5 Å². The summed E-state index contributed by atoms with van der Waals surface area (Å²) < 4.78 is 1.49. The zero-order chi connectivity index (χ0) is 14.5. The molecule has 1 aromatic carbocycles. The molecule has 106 valence electrons. The molecule has 6 nitrogen and oxygen atoms in total. The smallest absolute Gasteiger partial charge is 0.242 e. The molecule has 6 heteroatoms. The lowest BCUT2D eigenvalue weighted by atomic mass is 10.0. The first-order valence-corrected chi connectivity index (χ1v) is 6.54. The topological polar surface area (TPSA) is 85.8 Å². The van der Waals surface area contributed by atoms with Gasteiger partial charge in [0, 0.05) is 6.54 Å². The maximum atomic E-state index is 12.0. The Morgan fingerprint density at radius 1 is 1.45 bits per heavy atom. The van der Waals surface area contributed by atoms with Crippen LogP contribution in [-0.2, 0) is 17.9 Å². The number of aryl methyl sites for hydroxylation is 1. The van der Waals surface area contributed by atoms with Gasteiger partial charge < -0.3 is 11.1 Å². The van der Waals surface area contributed by atoms with Gasteiger partial charge in [-0.3, -0.25) is 4.79 Å². The van der Waals surface area contributed by atoms with E-state index in [1.165, 1.54) is 4.68 Å². The van der Waals surface area contributed by atoms with Gasteiger partial charge in [0.05, 0.1) is 17.9 Å². The predicted molar refractivity (Wildman–Crippen MR) is 75.7 cm³/mol. The van der Waals surface area contributed by atoms with E-state index in [0.29, 0.717) is 12.2 Å². The molecule has 0 aliphatic heterocycles. The number of aromatic nitrogens is 3. The van der Waals surface area contributed by atoms with E-state index in [0.717, 1.165) is 11.1 Å². The largest absolute Gasteiger partial charge is 0.348 e. The van der Waals surface area contributed by atoms with E-state index in [-0.39, 0.29) is 18.5 Å². The minimum atomic E-state index is -0.103. The Labute approximate surface area is 118 Å². The molecule has 0 bridgehead atoms. The van der Waals surface area contributed by atoms with Crippen LogP contribution in [0.4, 0.5) is 0 Å². The van der Waals surface area contributed by atoms with Crippen LogP contribution in [0.3, 0.4) is 0 Å². The number of hydrogen-bond donors (Lipinski definition) is 2. The van der Waals surface area contributed by atoms with Gasteiger partial charge >= 0.3 is 0 Å². The molecule has 1 amide bonds. The molecule has 0 aliphatic rings. The van der Waals surface area contributed by atoms with E-state index in [2.05, 4.69) is 15.6 Å². The number of nitrogens with one attached hydrogen (secondary N) is 1. The molecule has 0 saturated carbocycles. The normalized spacial score (nSPS) is 12.2. The third-order valence-electron chi connectivity index (χ3n) is 3.13. The molecule has 3 N–H and O–H groups in total. The van der Waals surface area contributed by atoms with Gasteiger partial charge in [-0.25, -0.2) is 4.68 Å². The highest BCUT2D eigenvalue weighted by molar-refractivity contribution is 5.76. The van der Waals surface area contributed by atoms with Gasteiger partial charge in [-0.05, 0) is 25.0 Å². The van der Waals surface area contributed by atoms with Crippen LogP contribution in [0.15, 0.2) is 30.5 Å². The van der Waals surface area contributed by atoms with Gasteiger partial charge in [0.1, 0.15) is 6.54 Å². The molecular weight excluding hydrogens is 254 g/mol. The van der Waals surface area contributed by atoms with Crippen molar-refractivity contribution in [2.75, 3.05) is 0 Å². The maximum absolute atomic E-state index is 12.0. The Hall–Kier alpha value is -2.21. The van der Waals surface area contributed by atoms with Gasteiger partial charge in [-0.2, -0.15) is 0 Å². The summed E-state index contributed by atoms with van der Waals surface area (Å²) in [5.74, 6) is -0.103. The molecule has 0 saturated heterocycles. The number of nitrogens with zero attached hydrogens (tertiary/aromatic N) is 3. The number of benzene rings is 1. The van der Waals surface area contributed by atoms with Crippen LogP contribution in [0.1, 0.15) is 29.8 Å². The SMILES string of the molecule is Cc1ccccc1[C@H](C)NC(=O)Cn1cc(CN)nn1. The van der Waals surface area contributed by atoms with Gasteiger partial charge in [-0.15, -0.1) is 5.10 Å². The molecule has 0 aliphatic carbocycles. The maximum Gasteiger partial charge on any atom is 0.242 e.